The fraction of sp³-hybridized carbons (Fsp3) is 0.533. The van der Waals surface area contributed by atoms with E-state index in [1.807, 2.05) is 6.92 Å². The Bertz CT molecular complexity index is 478. The van der Waals surface area contributed by atoms with E-state index in [9.17, 15) is 9.18 Å². The lowest BCUT2D eigenvalue weighted by molar-refractivity contribution is -0.136. The maximum absolute atomic E-state index is 13.7. The summed E-state index contributed by atoms with van der Waals surface area (Å²) in [6, 6.07) is 4.65. The number of methoxy groups -OCH3 is 1. The zero-order valence-corrected chi connectivity index (χ0v) is 11.9. The van der Waals surface area contributed by atoms with Crippen molar-refractivity contribution in [3.8, 4) is 11.5 Å². The van der Waals surface area contributed by atoms with Crippen LogP contribution in [0.25, 0.3) is 0 Å². The minimum atomic E-state index is -0.524. The summed E-state index contributed by atoms with van der Waals surface area (Å²) in [5.74, 6) is -0.344. The van der Waals surface area contributed by atoms with Gasteiger partial charge in [0.25, 0.3) is 5.91 Å². The molecule has 0 saturated carbocycles. The van der Waals surface area contributed by atoms with Gasteiger partial charge in [-0.1, -0.05) is 6.07 Å². The van der Waals surface area contributed by atoms with Crippen LogP contribution in [0.15, 0.2) is 18.2 Å². The molecule has 4 nitrogen and oxygen atoms in total. The summed E-state index contributed by atoms with van der Waals surface area (Å²) in [6.07, 6.45) is 3.17. The Morgan fingerprint density at radius 1 is 1.45 bits per heavy atom. The Hall–Kier alpha value is -1.78. The maximum atomic E-state index is 13.7. The molecule has 1 fully saturated rings. The predicted molar refractivity (Wildman–Crippen MR) is 73.5 cm³/mol. The molecule has 1 saturated heterocycles. The first-order valence-corrected chi connectivity index (χ1v) is 6.88. The number of rotatable bonds is 4. The standard InChI is InChI=1S/C15H20FNO3/c1-11-6-3-4-9-17(11)14(18)10-20-15-12(16)7-5-8-13(15)19-2/h5,7-8,11H,3-4,6,9-10H2,1-2H3/t11-/m1/s1. The molecule has 1 atom stereocenters. The van der Waals surface area contributed by atoms with Crippen LogP contribution in [0.1, 0.15) is 26.2 Å². The van der Waals surface area contributed by atoms with E-state index in [1.54, 1.807) is 11.0 Å². The minimum Gasteiger partial charge on any atom is -0.493 e. The molecule has 0 N–H and O–H groups in total. The molecule has 0 spiro atoms. The van der Waals surface area contributed by atoms with Gasteiger partial charge in [0, 0.05) is 12.6 Å². The van der Waals surface area contributed by atoms with Crippen molar-refractivity contribution in [2.45, 2.75) is 32.2 Å². The van der Waals surface area contributed by atoms with E-state index >= 15 is 0 Å². The largest absolute Gasteiger partial charge is 0.493 e. The molecule has 1 amide bonds. The van der Waals surface area contributed by atoms with Gasteiger partial charge in [-0.15, -0.1) is 0 Å². The fourth-order valence-electron chi connectivity index (χ4n) is 2.48. The highest BCUT2D eigenvalue weighted by Gasteiger charge is 2.24. The van der Waals surface area contributed by atoms with Crippen molar-refractivity contribution in [2.24, 2.45) is 0 Å². The molecule has 1 aromatic rings. The summed E-state index contributed by atoms with van der Waals surface area (Å²) in [6.45, 7) is 2.61. The lowest BCUT2D eigenvalue weighted by Gasteiger charge is -2.33. The summed E-state index contributed by atoms with van der Waals surface area (Å²) in [4.78, 5) is 13.9. The molecule has 0 aromatic heterocycles. The number of amides is 1. The lowest BCUT2D eigenvalue weighted by atomic mass is 10.0. The van der Waals surface area contributed by atoms with Gasteiger partial charge in [0.1, 0.15) is 0 Å². The van der Waals surface area contributed by atoms with E-state index in [-0.39, 0.29) is 24.3 Å². The van der Waals surface area contributed by atoms with Crippen molar-refractivity contribution >= 4 is 5.91 Å². The van der Waals surface area contributed by atoms with Crippen molar-refractivity contribution in [3.05, 3.63) is 24.0 Å². The van der Waals surface area contributed by atoms with Crippen LogP contribution in [0.3, 0.4) is 0 Å². The van der Waals surface area contributed by atoms with Crippen molar-refractivity contribution in [1.82, 2.24) is 4.90 Å². The molecule has 20 heavy (non-hydrogen) atoms. The Kier molecular flexibility index (Phi) is 4.82. The minimum absolute atomic E-state index is 0.00647. The molecular weight excluding hydrogens is 261 g/mol. The van der Waals surface area contributed by atoms with Crippen LogP contribution in [-0.2, 0) is 4.79 Å². The number of ether oxygens (including phenoxy) is 2. The predicted octanol–water partition coefficient (Wildman–Crippen LogP) is 2.61. The molecule has 1 aliphatic heterocycles. The number of hydrogen-bond donors (Lipinski definition) is 0. The van der Waals surface area contributed by atoms with Crippen molar-refractivity contribution in [1.29, 1.82) is 0 Å². The van der Waals surface area contributed by atoms with Gasteiger partial charge in [-0.05, 0) is 38.3 Å². The Labute approximate surface area is 118 Å². The number of nitrogens with zero attached hydrogens (tertiary/aromatic N) is 1. The van der Waals surface area contributed by atoms with Crippen LogP contribution in [0.5, 0.6) is 11.5 Å². The number of carbonyl (C=O) groups excluding carboxylic acids is 1. The molecule has 5 heteroatoms. The third-order valence-corrected chi connectivity index (χ3v) is 3.61. The maximum Gasteiger partial charge on any atom is 0.260 e. The van der Waals surface area contributed by atoms with E-state index < -0.39 is 5.82 Å². The van der Waals surface area contributed by atoms with Gasteiger partial charge in [0.05, 0.1) is 7.11 Å². The number of benzene rings is 1. The van der Waals surface area contributed by atoms with E-state index in [4.69, 9.17) is 9.47 Å². The summed E-state index contributed by atoms with van der Waals surface area (Å²) >= 11 is 0. The van der Waals surface area contributed by atoms with Gasteiger partial charge < -0.3 is 14.4 Å². The topological polar surface area (TPSA) is 38.8 Å². The third kappa shape index (κ3) is 3.21. The van der Waals surface area contributed by atoms with Gasteiger partial charge in [-0.2, -0.15) is 0 Å². The molecule has 2 rings (SSSR count). The monoisotopic (exact) mass is 281 g/mol. The average molecular weight is 281 g/mol. The average Bonchev–Trinajstić information content (AvgIpc) is 2.46. The molecule has 0 aliphatic carbocycles. The van der Waals surface area contributed by atoms with Crippen molar-refractivity contribution < 1.29 is 18.7 Å². The van der Waals surface area contributed by atoms with Crippen LogP contribution in [-0.4, -0.2) is 37.1 Å². The quantitative estimate of drug-likeness (QED) is 0.851. The van der Waals surface area contributed by atoms with E-state index in [0.717, 1.165) is 25.8 Å². The third-order valence-electron chi connectivity index (χ3n) is 3.61. The van der Waals surface area contributed by atoms with E-state index in [0.29, 0.717) is 5.75 Å². The highest BCUT2D eigenvalue weighted by atomic mass is 19.1. The molecular formula is C15H20FNO3. The number of carbonyl (C=O) groups is 1. The van der Waals surface area contributed by atoms with Crippen LogP contribution < -0.4 is 9.47 Å². The summed E-state index contributed by atoms with van der Waals surface area (Å²) in [5, 5.41) is 0. The Morgan fingerprint density at radius 3 is 2.95 bits per heavy atom. The van der Waals surface area contributed by atoms with Crippen LogP contribution in [0, 0.1) is 5.82 Å². The van der Waals surface area contributed by atoms with Crippen molar-refractivity contribution in [3.63, 3.8) is 0 Å². The number of hydrogen-bond acceptors (Lipinski definition) is 3. The highest BCUT2D eigenvalue weighted by molar-refractivity contribution is 5.78. The first-order chi connectivity index (χ1) is 9.63. The second-order valence-corrected chi connectivity index (χ2v) is 4.99. The normalized spacial score (nSPS) is 18.8. The SMILES string of the molecule is COc1cccc(F)c1OCC(=O)N1CCCC[C@H]1C. The fourth-order valence-corrected chi connectivity index (χ4v) is 2.48. The zero-order chi connectivity index (χ0) is 14.5. The lowest BCUT2D eigenvalue weighted by Crippen LogP contribution is -2.44. The molecule has 1 heterocycles. The molecule has 0 bridgehead atoms. The summed E-state index contributed by atoms with van der Waals surface area (Å²) < 4.78 is 24.0. The number of likely N-dealkylation sites (tertiary alicyclic amines) is 1. The first kappa shape index (κ1) is 14.6. The number of halogens is 1. The van der Waals surface area contributed by atoms with Gasteiger partial charge in [-0.3, -0.25) is 4.79 Å². The van der Waals surface area contributed by atoms with Crippen LogP contribution in [0.4, 0.5) is 4.39 Å². The smallest absolute Gasteiger partial charge is 0.260 e. The Balaban J connectivity index is 2.00. The van der Waals surface area contributed by atoms with Crippen LogP contribution in [0.2, 0.25) is 0 Å². The molecule has 1 aliphatic rings. The number of para-hydroxylation sites is 1. The summed E-state index contributed by atoms with van der Waals surface area (Å²) in [7, 11) is 1.44. The molecule has 1 aromatic carbocycles. The Morgan fingerprint density at radius 2 is 2.25 bits per heavy atom. The van der Waals surface area contributed by atoms with Gasteiger partial charge in [0.15, 0.2) is 23.9 Å². The van der Waals surface area contributed by atoms with E-state index in [2.05, 4.69) is 0 Å². The van der Waals surface area contributed by atoms with Gasteiger partial charge in [-0.25, -0.2) is 4.39 Å². The highest BCUT2D eigenvalue weighted by Crippen LogP contribution is 2.29. The molecule has 0 radical (unpaired) electrons. The van der Waals surface area contributed by atoms with Crippen LogP contribution >= 0.6 is 0 Å². The van der Waals surface area contributed by atoms with E-state index in [1.165, 1.54) is 19.2 Å². The van der Waals surface area contributed by atoms with Gasteiger partial charge in [0.2, 0.25) is 0 Å². The second kappa shape index (κ2) is 6.59. The number of piperidine rings is 1. The molecule has 110 valence electrons. The second-order valence-electron chi connectivity index (χ2n) is 4.99. The summed E-state index contributed by atoms with van der Waals surface area (Å²) in [5.41, 5.74) is 0. The van der Waals surface area contributed by atoms with Gasteiger partial charge >= 0.3 is 0 Å². The first-order valence-electron chi connectivity index (χ1n) is 6.88. The zero-order valence-electron chi connectivity index (χ0n) is 11.9. The molecule has 0 unspecified atom stereocenters. The van der Waals surface area contributed by atoms with Crippen molar-refractivity contribution in [2.75, 3.05) is 20.3 Å².